The molecule has 1 amide bonds. The molecular formula is C15H10Cl2F3NOS. The number of hydrogen-bond acceptors (Lipinski definition) is 2. The first-order valence-electron chi connectivity index (χ1n) is 6.31. The van der Waals surface area contributed by atoms with Crippen molar-refractivity contribution >= 4 is 46.6 Å². The zero-order chi connectivity index (χ0) is 17.0. The lowest BCUT2D eigenvalue weighted by Gasteiger charge is -2.11. The van der Waals surface area contributed by atoms with E-state index in [-0.39, 0.29) is 16.5 Å². The molecule has 1 N–H and O–H groups in total. The van der Waals surface area contributed by atoms with Crippen molar-refractivity contribution < 1.29 is 18.0 Å². The molecule has 0 aliphatic carbocycles. The standard InChI is InChI=1S/C15H10Cl2F3NOS/c16-10-6-5-9(15(18,19)20)7-12(10)21-14(22)8-23-13-4-2-1-3-11(13)17/h1-7H,8H2,(H,21,22). The Hall–Kier alpha value is -1.37. The highest BCUT2D eigenvalue weighted by atomic mass is 35.5. The van der Waals surface area contributed by atoms with Gasteiger partial charge in [-0.15, -0.1) is 11.8 Å². The third-order valence-corrected chi connectivity index (χ3v) is 4.61. The first kappa shape index (κ1) is 18.0. The molecule has 0 aromatic heterocycles. The number of rotatable bonds is 4. The number of nitrogens with one attached hydrogen (secondary N) is 1. The van der Waals surface area contributed by atoms with E-state index in [1.807, 2.05) is 0 Å². The fourth-order valence-electron chi connectivity index (χ4n) is 1.69. The van der Waals surface area contributed by atoms with Crippen molar-refractivity contribution in [2.24, 2.45) is 0 Å². The van der Waals surface area contributed by atoms with Gasteiger partial charge in [0.05, 0.1) is 27.0 Å². The van der Waals surface area contributed by atoms with Crippen molar-refractivity contribution in [1.82, 2.24) is 0 Å². The van der Waals surface area contributed by atoms with E-state index >= 15 is 0 Å². The largest absolute Gasteiger partial charge is 0.416 e. The normalized spacial score (nSPS) is 11.3. The van der Waals surface area contributed by atoms with Gasteiger partial charge in [-0.3, -0.25) is 4.79 Å². The summed E-state index contributed by atoms with van der Waals surface area (Å²) in [6, 6.07) is 9.73. The molecule has 0 radical (unpaired) electrons. The number of amides is 1. The van der Waals surface area contributed by atoms with Gasteiger partial charge in [-0.05, 0) is 30.3 Å². The van der Waals surface area contributed by atoms with Crippen LogP contribution in [0.3, 0.4) is 0 Å². The fourth-order valence-corrected chi connectivity index (χ4v) is 2.89. The molecule has 0 unspecified atom stereocenters. The van der Waals surface area contributed by atoms with Crippen molar-refractivity contribution in [1.29, 1.82) is 0 Å². The summed E-state index contributed by atoms with van der Waals surface area (Å²) in [6.45, 7) is 0. The monoisotopic (exact) mass is 379 g/mol. The molecule has 2 rings (SSSR count). The van der Waals surface area contributed by atoms with Gasteiger partial charge in [0.2, 0.25) is 5.91 Å². The average Bonchev–Trinajstić information content (AvgIpc) is 2.47. The summed E-state index contributed by atoms with van der Waals surface area (Å²) in [7, 11) is 0. The number of alkyl halides is 3. The van der Waals surface area contributed by atoms with Gasteiger partial charge in [-0.2, -0.15) is 13.2 Å². The summed E-state index contributed by atoms with van der Waals surface area (Å²) >= 11 is 13.0. The van der Waals surface area contributed by atoms with Gasteiger partial charge in [0, 0.05) is 4.90 Å². The second-order valence-corrected chi connectivity index (χ2v) is 6.29. The van der Waals surface area contributed by atoms with Crippen molar-refractivity contribution in [3.63, 3.8) is 0 Å². The molecular weight excluding hydrogens is 370 g/mol. The minimum absolute atomic E-state index is 0.00366. The number of halogens is 5. The van der Waals surface area contributed by atoms with Gasteiger partial charge >= 0.3 is 6.18 Å². The van der Waals surface area contributed by atoms with Crippen LogP contribution in [-0.4, -0.2) is 11.7 Å². The average molecular weight is 380 g/mol. The summed E-state index contributed by atoms with van der Waals surface area (Å²) in [6.07, 6.45) is -4.50. The molecule has 2 nitrogen and oxygen atoms in total. The Kier molecular flexibility index (Phi) is 5.84. The molecule has 0 fully saturated rings. The van der Waals surface area contributed by atoms with Crippen LogP contribution in [0.5, 0.6) is 0 Å². The molecule has 2 aromatic carbocycles. The van der Waals surface area contributed by atoms with Crippen LogP contribution in [0.2, 0.25) is 10.0 Å². The quantitative estimate of drug-likeness (QED) is 0.685. The van der Waals surface area contributed by atoms with Crippen molar-refractivity contribution in [3.8, 4) is 0 Å². The fraction of sp³-hybridized carbons (Fsp3) is 0.133. The predicted molar refractivity (Wildman–Crippen MR) is 87.3 cm³/mol. The number of benzene rings is 2. The van der Waals surface area contributed by atoms with Crippen LogP contribution in [0.1, 0.15) is 5.56 Å². The van der Waals surface area contributed by atoms with Gasteiger partial charge < -0.3 is 5.32 Å². The van der Waals surface area contributed by atoms with Gasteiger partial charge in [-0.1, -0.05) is 35.3 Å². The first-order chi connectivity index (χ1) is 10.8. The molecule has 0 saturated carbocycles. The smallest absolute Gasteiger partial charge is 0.324 e. The Labute approximate surface area is 145 Å². The lowest BCUT2D eigenvalue weighted by molar-refractivity contribution is -0.137. The first-order valence-corrected chi connectivity index (χ1v) is 8.05. The number of hydrogen-bond donors (Lipinski definition) is 1. The predicted octanol–water partition coefficient (Wildman–Crippen LogP) is 5.74. The van der Waals surface area contributed by atoms with Crippen molar-refractivity contribution in [2.45, 2.75) is 11.1 Å². The van der Waals surface area contributed by atoms with E-state index in [0.29, 0.717) is 9.92 Å². The molecule has 0 aliphatic heterocycles. The number of carbonyl (C=O) groups excluding carboxylic acids is 1. The summed E-state index contributed by atoms with van der Waals surface area (Å²) in [5.41, 5.74) is -0.956. The Balaban J connectivity index is 2.04. The molecule has 0 atom stereocenters. The minimum Gasteiger partial charge on any atom is -0.324 e. The van der Waals surface area contributed by atoms with Gasteiger partial charge in [0.1, 0.15) is 0 Å². The van der Waals surface area contributed by atoms with E-state index in [4.69, 9.17) is 23.2 Å². The minimum atomic E-state index is -4.50. The third kappa shape index (κ3) is 5.06. The third-order valence-electron chi connectivity index (χ3n) is 2.76. The molecule has 23 heavy (non-hydrogen) atoms. The zero-order valence-electron chi connectivity index (χ0n) is 11.5. The van der Waals surface area contributed by atoms with Crippen molar-refractivity contribution in [3.05, 3.63) is 58.1 Å². The van der Waals surface area contributed by atoms with Crippen LogP contribution in [0.25, 0.3) is 0 Å². The molecule has 0 bridgehead atoms. The zero-order valence-corrected chi connectivity index (χ0v) is 13.8. The van der Waals surface area contributed by atoms with Crippen LogP contribution in [-0.2, 0) is 11.0 Å². The maximum atomic E-state index is 12.7. The number of anilines is 1. The van der Waals surface area contributed by atoms with Gasteiger partial charge in [0.25, 0.3) is 0 Å². The van der Waals surface area contributed by atoms with E-state index in [0.717, 1.165) is 18.2 Å². The highest BCUT2D eigenvalue weighted by molar-refractivity contribution is 8.00. The summed E-state index contributed by atoms with van der Waals surface area (Å²) in [5.74, 6) is -0.479. The van der Waals surface area contributed by atoms with Gasteiger partial charge in [-0.25, -0.2) is 0 Å². The Bertz CT molecular complexity index is 722. The van der Waals surface area contributed by atoms with E-state index in [1.165, 1.54) is 11.8 Å². The highest BCUT2D eigenvalue weighted by Crippen LogP contribution is 2.34. The molecule has 0 saturated heterocycles. The summed E-state index contributed by atoms with van der Waals surface area (Å²) < 4.78 is 38.0. The van der Waals surface area contributed by atoms with Crippen molar-refractivity contribution in [2.75, 3.05) is 11.1 Å². The highest BCUT2D eigenvalue weighted by Gasteiger charge is 2.31. The van der Waals surface area contributed by atoms with Crippen LogP contribution >= 0.6 is 35.0 Å². The molecule has 2 aromatic rings. The maximum Gasteiger partial charge on any atom is 0.416 e. The molecule has 8 heteroatoms. The van der Waals surface area contributed by atoms with E-state index in [2.05, 4.69) is 5.32 Å². The summed E-state index contributed by atoms with van der Waals surface area (Å²) in [4.78, 5) is 12.6. The Morgan fingerprint density at radius 2 is 1.78 bits per heavy atom. The number of thioether (sulfide) groups is 1. The Morgan fingerprint density at radius 3 is 2.43 bits per heavy atom. The van der Waals surface area contributed by atoms with Crippen LogP contribution in [0.4, 0.5) is 18.9 Å². The number of carbonyl (C=O) groups is 1. The van der Waals surface area contributed by atoms with Crippen LogP contribution < -0.4 is 5.32 Å². The lowest BCUT2D eigenvalue weighted by atomic mass is 10.2. The lowest BCUT2D eigenvalue weighted by Crippen LogP contribution is -2.15. The SMILES string of the molecule is O=C(CSc1ccccc1Cl)Nc1cc(C(F)(F)F)ccc1Cl. The van der Waals surface area contributed by atoms with Crippen LogP contribution in [0.15, 0.2) is 47.4 Å². The second kappa shape index (κ2) is 7.47. The second-order valence-electron chi connectivity index (χ2n) is 4.46. The molecule has 122 valence electrons. The maximum absolute atomic E-state index is 12.7. The van der Waals surface area contributed by atoms with Crippen LogP contribution in [0, 0.1) is 0 Å². The Morgan fingerprint density at radius 1 is 1.09 bits per heavy atom. The van der Waals surface area contributed by atoms with Gasteiger partial charge in [0.15, 0.2) is 0 Å². The van der Waals surface area contributed by atoms with E-state index < -0.39 is 17.6 Å². The molecule has 0 spiro atoms. The topological polar surface area (TPSA) is 29.1 Å². The molecule has 0 aliphatic rings. The van der Waals surface area contributed by atoms with E-state index in [9.17, 15) is 18.0 Å². The van der Waals surface area contributed by atoms with E-state index in [1.54, 1.807) is 24.3 Å². The molecule has 0 heterocycles. The summed E-state index contributed by atoms with van der Waals surface area (Å²) in [5, 5.41) is 2.92.